The van der Waals surface area contributed by atoms with Crippen molar-refractivity contribution in [3.8, 4) is 6.07 Å². The predicted octanol–water partition coefficient (Wildman–Crippen LogP) is 2.83. The number of benzene rings is 1. The first kappa shape index (κ1) is 29.0. The van der Waals surface area contributed by atoms with Gasteiger partial charge in [0.2, 0.25) is 5.91 Å². The summed E-state index contributed by atoms with van der Waals surface area (Å²) in [7, 11) is 0. The van der Waals surface area contributed by atoms with Crippen molar-refractivity contribution in [1.82, 2.24) is 14.8 Å². The maximum Gasteiger partial charge on any atom is 0.490 e. The van der Waals surface area contributed by atoms with E-state index in [4.69, 9.17) is 44.2 Å². The van der Waals surface area contributed by atoms with Gasteiger partial charge in [0, 0.05) is 24.9 Å². The second-order valence-electron chi connectivity index (χ2n) is 7.61. The van der Waals surface area contributed by atoms with Gasteiger partial charge in [0.05, 0.1) is 34.1 Å². The van der Waals surface area contributed by atoms with Gasteiger partial charge in [0.1, 0.15) is 6.04 Å². The topological polar surface area (TPSA) is 131 Å². The molecule has 0 aliphatic carbocycles. The molecule has 0 saturated carbocycles. The Morgan fingerprint density at radius 3 is 2.40 bits per heavy atom. The van der Waals surface area contributed by atoms with E-state index in [9.17, 15) is 22.8 Å². The van der Waals surface area contributed by atoms with E-state index in [0.717, 1.165) is 0 Å². The van der Waals surface area contributed by atoms with E-state index in [1.807, 2.05) is 0 Å². The van der Waals surface area contributed by atoms with Gasteiger partial charge in [-0.3, -0.25) is 15.4 Å². The van der Waals surface area contributed by atoms with Gasteiger partial charge in [-0.1, -0.05) is 29.3 Å². The predicted molar refractivity (Wildman–Crippen MR) is 124 cm³/mol. The van der Waals surface area contributed by atoms with Gasteiger partial charge >= 0.3 is 12.1 Å². The van der Waals surface area contributed by atoms with Crippen LogP contribution in [-0.2, 0) is 9.59 Å². The monoisotopic (exact) mass is 555 g/mol. The molecule has 9 nitrogen and oxygen atoms in total. The Balaban J connectivity index is 0.000000540. The highest BCUT2D eigenvalue weighted by atomic mass is 35.5. The molecule has 35 heavy (non-hydrogen) atoms. The Morgan fingerprint density at radius 1 is 1.26 bits per heavy atom. The summed E-state index contributed by atoms with van der Waals surface area (Å²) < 4.78 is 31.7. The lowest BCUT2D eigenvalue weighted by Gasteiger charge is -2.36. The number of nitrogens with zero attached hydrogens (tertiary/aromatic N) is 4. The number of carbonyl (C=O) groups is 3. The summed E-state index contributed by atoms with van der Waals surface area (Å²) in [4.78, 5) is 37.4. The first-order valence-electron chi connectivity index (χ1n) is 10.2. The molecule has 0 aromatic heterocycles. The van der Waals surface area contributed by atoms with E-state index in [0.29, 0.717) is 48.1 Å². The number of piperidine rings is 1. The van der Waals surface area contributed by atoms with Crippen LogP contribution < -0.4 is 5.84 Å². The minimum absolute atomic E-state index is 0.00127. The summed E-state index contributed by atoms with van der Waals surface area (Å²) in [5.74, 6) is 4.25. The molecule has 0 radical (unpaired) electrons. The Hall–Kier alpha value is -2.24. The third-order valence-electron chi connectivity index (χ3n) is 5.31. The number of hydrogen-bond acceptors (Lipinski definition) is 7. The fraction of sp³-hybridized carbons (Fsp3) is 0.500. The summed E-state index contributed by atoms with van der Waals surface area (Å²) in [5, 5.41) is 18.4. The van der Waals surface area contributed by atoms with Gasteiger partial charge in [-0.05, 0) is 25.0 Å². The van der Waals surface area contributed by atoms with Gasteiger partial charge in [-0.2, -0.15) is 18.4 Å². The van der Waals surface area contributed by atoms with Crippen LogP contribution in [0.5, 0.6) is 0 Å². The van der Waals surface area contributed by atoms with E-state index in [1.165, 1.54) is 5.01 Å². The van der Waals surface area contributed by atoms with E-state index in [1.54, 1.807) is 39.8 Å². The van der Waals surface area contributed by atoms with Crippen LogP contribution in [0.3, 0.4) is 0 Å². The van der Waals surface area contributed by atoms with Crippen LogP contribution >= 0.6 is 35.0 Å². The molecule has 2 fully saturated rings. The quantitative estimate of drug-likeness (QED) is 0.428. The molecule has 2 aliphatic rings. The molecule has 2 saturated heterocycles. The highest BCUT2D eigenvalue weighted by Gasteiger charge is 2.38. The van der Waals surface area contributed by atoms with E-state index in [2.05, 4.69) is 6.07 Å². The van der Waals surface area contributed by atoms with Crippen LogP contribution in [0.1, 0.15) is 23.2 Å². The molecule has 0 bridgehead atoms. The number of hydrazine groups is 1. The van der Waals surface area contributed by atoms with Crippen LogP contribution in [-0.4, -0.2) is 87.2 Å². The van der Waals surface area contributed by atoms with Crippen LogP contribution in [0.15, 0.2) is 18.2 Å². The smallest absolute Gasteiger partial charge is 0.475 e. The fourth-order valence-corrected chi connectivity index (χ4v) is 4.90. The number of carbonyl (C=O) groups excluding carboxylic acids is 2. The first-order valence-corrected chi connectivity index (χ1v) is 12.1. The van der Waals surface area contributed by atoms with E-state index >= 15 is 0 Å². The number of thioether (sulfide) groups is 1. The van der Waals surface area contributed by atoms with E-state index < -0.39 is 12.1 Å². The molecule has 2 aliphatic heterocycles. The maximum atomic E-state index is 12.7. The molecular weight excluding hydrogens is 534 g/mol. The summed E-state index contributed by atoms with van der Waals surface area (Å²) in [6.45, 7) is 1.11. The van der Waals surface area contributed by atoms with Crippen LogP contribution in [0.25, 0.3) is 0 Å². The molecule has 1 atom stereocenters. The normalized spacial score (nSPS) is 18.6. The van der Waals surface area contributed by atoms with Crippen molar-refractivity contribution in [3.63, 3.8) is 0 Å². The number of aliphatic carboxylic acids is 1. The van der Waals surface area contributed by atoms with Crippen molar-refractivity contribution in [3.05, 3.63) is 33.8 Å². The van der Waals surface area contributed by atoms with Crippen LogP contribution in [0, 0.1) is 11.3 Å². The fourth-order valence-electron chi connectivity index (χ4n) is 3.41. The molecule has 1 aromatic carbocycles. The van der Waals surface area contributed by atoms with Crippen molar-refractivity contribution in [2.75, 3.05) is 31.3 Å². The molecule has 3 N–H and O–H groups in total. The highest BCUT2D eigenvalue weighted by Crippen LogP contribution is 2.28. The largest absolute Gasteiger partial charge is 0.490 e. The second kappa shape index (κ2) is 12.6. The van der Waals surface area contributed by atoms with Crippen molar-refractivity contribution in [2.24, 2.45) is 5.84 Å². The lowest BCUT2D eigenvalue weighted by Crippen LogP contribution is -2.53. The third-order valence-corrected chi connectivity index (χ3v) is 7.15. The van der Waals surface area contributed by atoms with Crippen molar-refractivity contribution in [1.29, 1.82) is 5.26 Å². The number of likely N-dealkylation sites (tertiary alicyclic amines) is 1. The Bertz CT molecular complexity index is 986. The number of carboxylic acids is 1. The number of amides is 2. The number of carboxylic acid groups (broad SMARTS) is 1. The first-order chi connectivity index (χ1) is 16.4. The van der Waals surface area contributed by atoms with Crippen molar-refractivity contribution in [2.45, 2.75) is 31.1 Å². The Morgan fingerprint density at radius 2 is 1.86 bits per heavy atom. The minimum atomic E-state index is -5.08. The molecular formula is C20H22Cl2F3N5O4S. The Labute approximate surface area is 213 Å². The average Bonchev–Trinajstić information content (AvgIpc) is 3.29. The standard InChI is InChI=1S/C18H21Cl2N5O2S.C2HF3O2/c19-15-3-1-2-14(17(15)20)18(27)23-6-4-12(5-7-23)25(22)9-16(26)24-11-28-10-13(24)8-21;3-2(4,5)1(6)7/h1-3,12-13H,4-7,9-11,22H2;(H,6,7)/t13-;/m1./s1. The van der Waals surface area contributed by atoms with Crippen molar-refractivity contribution < 1.29 is 32.7 Å². The number of nitriles is 1. The number of alkyl halides is 3. The lowest BCUT2D eigenvalue weighted by molar-refractivity contribution is -0.192. The zero-order chi connectivity index (χ0) is 26.3. The second-order valence-corrected chi connectivity index (χ2v) is 9.39. The average molecular weight is 556 g/mol. The van der Waals surface area contributed by atoms with Crippen molar-refractivity contribution >= 4 is 52.7 Å². The molecule has 0 unspecified atom stereocenters. The van der Waals surface area contributed by atoms with Crippen LogP contribution in [0.2, 0.25) is 10.0 Å². The summed E-state index contributed by atoms with van der Waals surface area (Å²) >= 11 is 13.7. The summed E-state index contributed by atoms with van der Waals surface area (Å²) in [6, 6.07) is 6.78. The number of rotatable bonds is 4. The number of halogens is 5. The zero-order valence-corrected chi connectivity index (χ0v) is 20.5. The highest BCUT2D eigenvalue weighted by molar-refractivity contribution is 7.99. The minimum Gasteiger partial charge on any atom is -0.475 e. The molecule has 2 heterocycles. The number of nitrogens with two attached hydrogens (primary N) is 1. The molecule has 0 spiro atoms. The maximum absolute atomic E-state index is 12.7. The molecule has 15 heteroatoms. The van der Waals surface area contributed by atoms with Gasteiger partial charge in [-0.25, -0.2) is 9.80 Å². The zero-order valence-electron chi connectivity index (χ0n) is 18.2. The lowest BCUT2D eigenvalue weighted by atomic mass is 10.0. The van der Waals surface area contributed by atoms with Gasteiger partial charge in [0.15, 0.2) is 0 Å². The van der Waals surface area contributed by atoms with Gasteiger partial charge in [0.25, 0.3) is 5.91 Å². The van der Waals surface area contributed by atoms with Gasteiger partial charge < -0.3 is 14.9 Å². The van der Waals surface area contributed by atoms with Gasteiger partial charge in [-0.15, -0.1) is 11.8 Å². The molecule has 2 amide bonds. The SMILES string of the molecule is N#C[C@@H]1CSCN1C(=O)CN(N)C1CCN(C(=O)c2cccc(Cl)c2Cl)CC1.O=C(O)C(F)(F)F. The van der Waals surface area contributed by atoms with Crippen LogP contribution in [0.4, 0.5) is 13.2 Å². The molecule has 3 rings (SSSR count). The summed E-state index contributed by atoms with van der Waals surface area (Å²) in [6.07, 6.45) is -3.77. The molecule has 192 valence electrons. The molecule has 1 aromatic rings. The van der Waals surface area contributed by atoms with E-state index in [-0.39, 0.29) is 35.5 Å². The third kappa shape index (κ3) is 7.88. The summed E-state index contributed by atoms with van der Waals surface area (Å²) in [5.41, 5.74) is 0.390. The number of hydrogen-bond donors (Lipinski definition) is 2. The Kier molecular flexibility index (Phi) is 10.5.